The van der Waals surface area contributed by atoms with E-state index in [1.807, 2.05) is 6.07 Å². The van der Waals surface area contributed by atoms with Crippen LogP contribution in [0.25, 0.3) is 0 Å². The van der Waals surface area contributed by atoms with Crippen molar-refractivity contribution in [1.82, 2.24) is 14.9 Å². The van der Waals surface area contributed by atoms with Crippen LogP contribution in [0.15, 0.2) is 21.3 Å². The lowest BCUT2D eigenvalue weighted by atomic mass is 10.2. The molecule has 0 spiro atoms. The lowest BCUT2D eigenvalue weighted by molar-refractivity contribution is 0.347. The Kier molecular flexibility index (Phi) is 5.78. The molecule has 0 amide bonds. The first-order valence-corrected chi connectivity index (χ1v) is 10.9. The average molecular weight is 371 g/mol. The molecule has 1 aliphatic heterocycles. The Morgan fingerprint density at radius 3 is 2.67 bits per heavy atom. The second kappa shape index (κ2) is 7.84. The van der Waals surface area contributed by atoms with Crippen LogP contribution in [-0.4, -0.2) is 45.4 Å². The van der Waals surface area contributed by atoms with Gasteiger partial charge in [-0.3, -0.25) is 4.99 Å². The van der Waals surface area contributed by atoms with Crippen LogP contribution in [0.1, 0.15) is 37.0 Å². The van der Waals surface area contributed by atoms with Gasteiger partial charge in [-0.2, -0.15) is 4.31 Å². The lowest BCUT2D eigenvalue weighted by Gasteiger charge is -2.25. The Morgan fingerprint density at radius 2 is 2.00 bits per heavy atom. The van der Waals surface area contributed by atoms with E-state index < -0.39 is 10.0 Å². The van der Waals surface area contributed by atoms with Crippen LogP contribution in [0.5, 0.6) is 0 Å². The molecule has 2 fully saturated rings. The highest BCUT2D eigenvalue weighted by Crippen LogP contribution is 2.28. The van der Waals surface area contributed by atoms with Gasteiger partial charge in [0, 0.05) is 31.6 Å². The molecular formula is C16H26N4O2S2. The number of thiophene rings is 1. The Labute approximate surface area is 148 Å². The maximum atomic E-state index is 12.7. The second-order valence-corrected chi connectivity index (χ2v) is 9.77. The molecule has 1 aromatic rings. The van der Waals surface area contributed by atoms with Crippen molar-refractivity contribution in [3.8, 4) is 0 Å². The monoisotopic (exact) mass is 370 g/mol. The molecule has 0 bridgehead atoms. The number of sulfonamides is 1. The first kappa shape index (κ1) is 17.7. The molecule has 1 aromatic heterocycles. The third-order valence-electron chi connectivity index (χ3n) is 4.45. The number of piperidine rings is 1. The normalized spacial score (nSPS) is 20.1. The molecule has 3 rings (SSSR count). The van der Waals surface area contributed by atoms with Crippen LogP contribution in [0.4, 0.5) is 0 Å². The molecule has 0 atom stereocenters. The molecule has 1 saturated heterocycles. The second-order valence-electron chi connectivity index (χ2n) is 6.44. The molecular weight excluding hydrogens is 344 g/mol. The van der Waals surface area contributed by atoms with Crippen molar-refractivity contribution in [2.45, 2.75) is 42.9 Å². The molecule has 1 saturated carbocycles. The average Bonchev–Trinajstić information content (AvgIpc) is 3.30. The van der Waals surface area contributed by atoms with E-state index >= 15 is 0 Å². The van der Waals surface area contributed by atoms with Crippen molar-refractivity contribution in [1.29, 1.82) is 0 Å². The summed E-state index contributed by atoms with van der Waals surface area (Å²) < 4.78 is 27.4. The lowest BCUT2D eigenvalue weighted by Crippen LogP contribution is -2.37. The molecule has 134 valence electrons. The van der Waals surface area contributed by atoms with Crippen LogP contribution in [0, 0.1) is 5.92 Å². The van der Waals surface area contributed by atoms with Crippen LogP contribution < -0.4 is 10.6 Å². The third kappa shape index (κ3) is 4.49. The number of hydrogen-bond donors (Lipinski definition) is 2. The fourth-order valence-electron chi connectivity index (χ4n) is 2.78. The molecule has 0 unspecified atom stereocenters. The SMILES string of the molecule is CN=C(NCc1ccc(S(=O)(=O)N2CCCCC2)s1)NCC1CC1. The fraction of sp³-hybridized carbons (Fsp3) is 0.688. The number of aliphatic imine (C=N–C) groups is 1. The minimum absolute atomic E-state index is 0.446. The number of guanidine groups is 1. The van der Waals surface area contributed by atoms with Crippen molar-refractivity contribution in [3.63, 3.8) is 0 Å². The van der Waals surface area contributed by atoms with E-state index in [4.69, 9.17) is 0 Å². The van der Waals surface area contributed by atoms with Crippen LogP contribution in [0.3, 0.4) is 0 Å². The summed E-state index contributed by atoms with van der Waals surface area (Å²) >= 11 is 1.35. The molecule has 2 aliphatic rings. The van der Waals surface area contributed by atoms with E-state index in [2.05, 4.69) is 15.6 Å². The maximum absolute atomic E-state index is 12.7. The van der Waals surface area contributed by atoms with Crippen molar-refractivity contribution in [3.05, 3.63) is 17.0 Å². The number of nitrogens with zero attached hydrogens (tertiary/aromatic N) is 2. The van der Waals surface area contributed by atoms with E-state index in [0.29, 0.717) is 23.8 Å². The Balaban J connectivity index is 1.56. The van der Waals surface area contributed by atoms with Crippen LogP contribution in [-0.2, 0) is 16.6 Å². The molecule has 0 radical (unpaired) electrons. The van der Waals surface area contributed by atoms with Crippen LogP contribution in [0.2, 0.25) is 0 Å². The van der Waals surface area contributed by atoms with E-state index in [-0.39, 0.29) is 0 Å². The number of hydrogen-bond acceptors (Lipinski definition) is 4. The molecule has 2 heterocycles. The summed E-state index contributed by atoms with van der Waals surface area (Å²) in [5.41, 5.74) is 0. The number of nitrogens with one attached hydrogen (secondary N) is 2. The van der Waals surface area contributed by atoms with Gasteiger partial charge >= 0.3 is 0 Å². The molecule has 2 N–H and O–H groups in total. The van der Waals surface area contributed by atoms with Gasteiger partial charge in [0.2, 0.25) is 0 Å². The summed E-state index contributed by atoms with van der Waals surface area (Å²) in [5, 5.41) is 6.56. The highest BCUT2D eigenvalue weighted by molar-refractivity contribution is 7.91. The van der Waals surface area contributed by atoms with Gasteiger partial charge < -0.3 is 10.6 Å². The summed E-state index contributed by atoms with van der Waals surface area (Å²) in [6.45, 7) is 2.83. The highest BCUT2D eigenvalue weighted by Gasteiger charge is 2.27. The predicted octanol–water partition coefficient (Wildman–Crippen LogP) is 2.00. The van der Waals surface area contributed by atoms with E-state index in [1.165, 1.54) is 24.2 Å². The topological polar surface area (TPSA) is 73.8 Å². The smallest absolute Gasteiger partial charge is 0.252 e. The Morgan fingerprint density at radius 1 is 1.25 bits per heavy atom. The Bertz CT molecular complexity index is 674. The minimum Gasteiger partial charge on any atom is -0.356 e. The third-order valence-corrected chi connectivity index (χ3v) is 7.91. The van der Waals surface area contributed by atoms with Crippen LogP contribution >= 0.6 is 11.3 Å². The standard InChI is InChI=1S/C16H26N4O2S2/c1-17-16(18-11-13-5-6-13)19-12-14-7-8-15(23-14)24(21,22)20-9-3-2-4-10-20/h7-8,13H,2-6,9-12H2,1H3,(H2,17,18,19). The minimum atomic E-state index is -3.32. The van der Waals surface area contributed by atoms with Gasteiger partial charge in [0.05, 0.1) is 6.54 Å². The summed E-state index contributed by atoms with van der Waals surface area (Å²) in [6, 6.07) is 3.62. The van der Waals surface area contributed by atoms with Gasteiger partial charge in [-0.1, -0.05) is 6.42 Å². The van der Waals surface area contributed by atoms with Gasteiger partial charge in [0.25, 0.3) is 10.0 Å². The van der Waals surface area contributed by atoms with E-state index in [0.717, 1.165) is 42.6 Å². The molecule has 6 nitrogen and oxygen atoms in total. The summed E-state index contributed by atoms with van der Waals surface area (Å²) in [6.07, 6.45) is 5.64. The molecule has 8 heteroatoms. The maximum Gasteiger partial charge on any atom is 0.252 e. The fourth-order valence-corrected chi connectivity index (χ4v) is 5.75. The van der Waals surface area contributed by atoms with Crippen molar-refractivity contribution in [2.24, 2.45) is 10.9 Å². The Hall–Kier alpha value is -1.12. The molecule has 1 aliphatic carbocycles. The zero-order valence-electron chi connectivity index (χ0n) is 14.1. The van der Waals surface area contributed by atoms with Crippen molar-refractivity contribution in [2.75, 3.05) is 26.7 Å². The van der Waals surface area contributed by atoms with E-state index in [1.54, 1.807) is 17.4 Å². The van der Waals surface area contributed by atoms with Gasteiger partial charge in [0.15, 0.2) is 5.96 Å². The number of rotatable bonds is 6. The summed E-state index contributed by atoms with van der Waals surface area (Å²) in [7, 11) is -1.57. The summed E-state index contributed by atoms with van der Waals surface area (Å²) in [5.74, 6) is 1.56. The van der Waals surface area contributed by atoms with Gasteiger partial charge in [0.1, 0.15) is 4.21 Å². The first-order chi connectivity index (χ1) is 11.6. The zero-order chi connectivity index (χ0) is 17.0. The zero-order valence-corrected chi connectivity index (χ0v) is 15.8. The molecule has 24 heavy (non-hydrogen) atoms. The quantitative estimate of drug-likeness (QED) is 0.593. The van der Waals surface area contributed by atoms with Gasteiger partial charge in [-0.25, -0.2) is 8.42 Å². The van der Waals surface area contributed by atoms with Gasteiger partial charge in [-0.05, 0) is 43.7 Å². The highest BCUT2D eigenvalue weighted by atomic mass is 32.2. The van der Waals surface area contributed by atoms with Gasteiger partial charge in [-0.15, -0.1) is 11.3 Å². The van der Waals surface area contributed by atoms with Crippen molar-refractivity contribution >= 4 is 27.3 Å². The summed E-state index contributed by atoms with van der Waals surface area (Å²) in [4.78, 5) is 5.20. The van der Waals surface area contributed by atoms with E-state index in [9.17, 15) is 8.42 Å². The molecule has 0 aromatic carbocycles. The predicted molar refractivity (Wildman–Crippen MR) is 97.9 cm³/mol. The van der Waals surface area contributed by atoms with Crippen molar-refractivity contribution < 1.29 is 8.42 Å². The largest absolute Gasteiger partial charge is 0.356 e. The first-order valence-electron chi connectivity index (χ1n) is 8.63.